The van der Waals surface area contributed by atoms with Crippen molar-refractivity contribution < 1.29 is 0 Å². The second-order valence-electron chi connectivity index (χ2n) is 7.40. The fourth-order valence-corrected chi connectivity index (χ4v) is 5.15. The van der Waals surface area contributed by atoms with E-state index >= 15 is 0 Å². The van der Waals surface area contributed by atoms with Crippen molar-refractivity contribution in [1.82, 2.24) is 14.7 Å². The summed E-state index contributed by atoms with van der Waals surface area (Å²) in [5, 5.41) is 0. The summed E-state index contributed by atoms with van der Waals surface area (Å²) in [5.41, 5.74) is 0. The minimum Gasteiger partial charge on any atom is -0.302 e. The van der Waals surface area contributed by atoms with Gasteiger partial charge in [0, 0.05) is 37.8 Å². The zero-order chi connectivity index (χ0) is 12.8. The van der Waals surface area contributed by atoms with Crippen LogP contribution in [0.2, 0.25) is 0 Å². The quantitative estimate of drug-likeness (QED) is 0.712. The predicted octanol–water partition coefficient (Wildman–Crippen LogP) is 1.64. The monoisotopic (exact) mass is 263 g/mol. The lowest BCUT2D eigenvalue weighted by Gasteiger charge is -2.55. The second-order valence-corrected chi connectivity index (χ2v) is 7.40. The first-order valence-electron chi connectivity index (χ1n) is 8.53. The van der Waals surface area contributed by atoms with Gasteiger partial charge < -0.3 is 4.90 Å². The summed E-state index contributed by atoms with van der Waals surface area (Å²) in [5.74, 6) is 1.00. The second kappa shape index (κ2) is 5.01. The van der Waals surface area contributed by atoms with Crippen molar-refractivity contribution in [2.75, 3.05) is 39.3 Å². The molecule has 0 aliphatic carbocycles. The van der Waals surface area contributed by atoms with Gasteiger partial charge in [-0.25, -0.2) is 0 Å². The number of hydrogen-bond acceptors (Lipinski definition) is 3. The highest BCUT2D eigenvalue weighted by atomic mass is 15.3. The van der Waals surface area contributed by atoms with Crippen LogP contribution in [0.15, 0.2) is 0 Å². The van der Waals surface area contributed by atoms with Gasteiger partial charge in [-0.3, -0.25) is 9.80 Å². The topological polar surface area (TPSA) is 9.72 Å². The van der Waals surface area contributed by atoms with E-state index in [1.165, 1.54) is 71.4 Å². The first-order valence-corrected chi connectivity index (χ1v) is 8.53. The smallest absolute Gasteiger partial charge is 0.0256 e. The van der Waals surface area contributed by atoms with Crippen LogP contribution in [-0.2, 0) is 0 Å². The van der Waals surface area contributed by atoms with E-state index in [0.717, 1.165) is 24.0 Å². The summed E-state index contributed by atoms with van der Waals surface area (Å²) < 4.78 is 0. The molecular formula is C16H29N3. The van der Waals surface area contributed by atoms with Gasteiger partial charge in [-0.15, -0.1) is 0 Å². The van der Waals surface area contributed by atoms with Crippen LogP contribution in [-0.4, -0.2) is 72.1 Å². The van der Waals surface area contributed by atoms with Gasteiger partial charge in [0.15, 0.2) is 0 Å². The number of nitrogens with zero attached hydrogens (tertiary/aromatic N) is 3. The molecule has 5 aliphatic heterocycles. The zero-order valence-electron chi connectivity index (χ0n) is 12.4. The molecule has 108 valence electrons. The number of hydrogen-bond donors (Lipinski definition) is 0. The van der Waals surface area contributed by atoms with Gasteiger partial charge in [-0.2, -0.15) is 0 Å². The molecule has 0 N–H and O–H groups in total. The third-order valence-corrected chi connectivity index (χ3v) is 6.28. The molecule has 0 spiro atoms. The molecule has 3 unspecified atom stereocenters. The van der Waals surface area contributed by atoms with Gasteiger partial charge in [-0.05, 0) is 58.2 Å². The molecule has 5 saturated heterocycles. The average molecular weight is 263 g/mol. The number of rotatable bonds is 1. The minimum atomic E-state index is 0.778. The van der Waals surface area contributed by atoms with Crippen LogP contribution in [0.1, 0.15) is 39.0 Å². The Labute approximate surface area is 117 Å². The molecule has 0 saturated carbocycles. The van der Waals surface area contributed by atoms with E-state index in [2.05, 4.69) is 21.6 Å². The fourth-order valence-electron chi connectivity index (χ4n) is 5.15. The zero-order valence-corrected chi connectivity index (χ0v) is 12.4. The third kappa shape index (κ3) is 2.24. The van der Waals surface area contributed by atoms with Crippen LogP contribution >= 0.6 is 0 Å². The predicted molar refractivity (Wildman–Crippen MR) is 78.3 cm³/mol. The average Bonchev–Trinajstić information content (AvgIpc) is 2.47. The first-order chi connectivity index (χ1) is 9.31. The Morgan fingerprint density at radius 1 is 0.842 bits per heavy atom. The minimum absolute atomic E-state index is 0.778. The van der Waals surface area contributed by atoms with E-state index in [-0.39, 0.29) is 0 Å². The fraction of sp³-hybridized carbons (Fsp3) is 1.00. The maximum atomic E-state index is 2.91. The van der Waals surface area contributed by atoms with Gasteiger partial charge in [0.1, 0.15) is 0 Å². The van der Waals surface area contributed by atoms with Crippen molar-refractivity contribution in [1.29, 1.82) is 0 Å². The van der Waals surface area contributed by atoms with Crippen LogP contribution < -0.4 is 0 Å². The van der Waals surface area contributed by atoms with Crippen LogP contribution in [0, 0.1) is 5.92 Å². The molecule has 5 rings (SSSR count). The van der Waals surface area contributed by atoms with Gasteiger partial charge in [0.05, 0.1) is 0 Å². The van der Waals surface area contributed by atoms with Gasteiger partial charge >= 0.3 is 0 Å². The summed E-state index contributed by atoms with van der Waals surface area (Å²) in [4.78, 5) is 8.40. The van der Waals surface area contributed by atoms with Crippen LogP contribution in [0.3, 0.4) is 0 Å². The van der Waals surface area contributed by atoms with Crippen molar-refractivity contribution in [2.45, 2.75) is 57.2 Å². The van der Waals surface area contributed by atoms with Crippen molar-refractivity contribution in [2.24, 2.45) is 5.92 Å². The Morgan fingerprint density at radius 3 is 2.42 bits per heavy atom. The van der Waals surface area contributed by atoms with Gasteiger partial charge in [0.2, 0.25) is 0 Å². The molecule has 0 amide bonds. The summed E-state index contributed by atoms with van der Waals surface area (Å²) in [6.45, 7) is 10.6. The normalized spacial score (nSPS) is 48.2. The van der Waals surface area contributed by atoms with Crippen molar-refractivity contribution in [3.05, 3.63) is 0 Å². The Balaban J connectivity index is 1.48. The molecule has 19 heavy (non-hydrogen) atoms. The Hall–Kier alpha value is -0.120. The van der Waals surface area contributed by atoms with Crippen LogP contribution in [0.5, 0.6) is 0 Å². The third-order valence-electron chi connectivity index (χ3n) is 6.28. The molecule has 0 radical (unpaired) electrons. The Bertz CT molecular complexity index is 324. The molecule has 0 aromatic rings. The van der Waals surface area contributed by atoms with E-state index in [9.17, 15) is 0 Å². The van der Waals surface area contributed by atoms with E-state index in [4.69, 9.17) is 0 Å². The first kappa shape index (κ1) is 12.6. The van der Waals surface area contributed by atoms with E-state index in [1.54, 1.807) is 0 Å². The molecule has 3 nitrogen and oxygen atoms in total. The van der Waals surface area contributed by atoms with Crippen molar-refractivity contribution in [3.63, 3.8) is 0 Å². The molecule has 0 aromatic carbocycles. The van der Waals surface area contributed by atoms with E-state index in [1.807, 2.05) is 0 Å². The van der Waals surface area contributed by atoms with Crippen LogP contribution in [0.4, 0.5) is 0 Å². The lowest BCUT2D eigenvalue weighted by molar-refractivity contribution is -0.0630. The summed E-state index contributed by atoms with van der Waals surface area (Å²) in [7, 11) is 0. The summed E-state index contributed by atoms with van der Waals surface area (Å²) in [6.07, 6.45) is 7.27. The summed E-state index contributed by atoms with van der Waals surface area (Å²) in [6, 6.07) is 2.53. The highest BCUT2D eigenvalue weighted by molar-refractivity contribution is 4.98. The summed E-state index contributed by atoms with van der Waals surface area (Å²) >= 11 is 0. The highest BCUT2D eigenvalue weighted by Gasteiger charge is 2.42. The van der Waals surface area contributed by atoms with Gasteiger partial charge in [-0.1, -0.05) is 6.42 Å². The maximum Gasteiger partial charge on any atom is 0.0256 e. The van der Waals surface area contributed by atoms with E-state index < -0.39 is 0 Å². The lowest BCUT2D eigenvalue weighted by Crippen LogP contribution is -2.66. The largest absolute Gasteiger partial charge is 0.302 e. The molecule has 3 atom stereocenters. The van der Waals surface area contributed by atoms with Crippen molar-refractivity contribution >= 4 is 0 Å². The number of piperazine rings is 1. The molecule has 0 aromatic heterocycles. The molecule has 2 bridgehead atoms. The van der Waals surface area contributed by atoms with Gasteiger partial charge in [0.25, 0.3) is 0 Å². The Morgan fingerprint density at radius 2 is 1.68 bits per heavy atom. The lowest BCUT2D eigenvalue weighted by atomic mass is 9.81. The molecule has 5 aliphatic rings. The number of fused-ring (bicyclic) bond motifs is 4. The van der Waals surface area contributed by atoms with Crippen molar-refractivity contribution in [3.8, 4) is 0 Å². The molecular weight excluding hydrogens is 234 g/mol. The highest BCUT2D eigenvalue weighted by Crippen LogP contribution is 2.34. The molecule has 5 heterocycles. The Kier molecular flexibility index (Phi) is 3.33. The SMILES string of the molecule is CC1CN2CCCCC2CN1C1CN2CCC1CC2. The number of piperidine rings is 4. The maximum absolute atomic E-state index is 2.91. The van der Waals surface area contributed by atoms with Crippen LogP contribution in [0.25, 0.3) is 0 Å². The van der Waals surface area contributed by atoms with E-state index in [0.29, 0.717) is 0 Å². The standard InChI is InChI=1S/C16H29N3/c1-13-10-18-7-3-2-4-15(18)11-19(13)16-12-17-8-5-14(16)6-9-17/h13-16H,2-12H2,1H3. The molecule has 5 fully saturated rings. The molecule has 3 heteroatoms.